The molecule has 4 N–H and O–H groups in total. The summed E-state index contributed by atoms with van der Waals surface area (Å²) in [5.74, 6) is -0.0337. The van der Waals surface area contributed by atoms with E-state index in [2.05, 4.69) is 25.7 Å². The van der Waals surface area contributed by atoms with E-state index in [1.807, 2.05) is 4.90 Å². The molecule has 17 heavy (non-hydrogen) atoms. The van der Waals surface area contributed by atoms with E-state index in [-0.39, 0.29) is 18.0 Å². The molecule has 1 amide bonds. The van der Waals surface area contributed by atoms with Gasteiger partial charge in [0.25, 0.3) is 0 Å². The Kier molecular flexibility index (Phi) is 4.17. The quantitative estimate of drug-likeness (QED) is 0.691. The summed E-state index contributed by atoms with van der Waals surface area (Å²) >= 11 is 0. The van der Waals surface area contributed by atoms with Gasteiger partial charge in [0.2, 0.25) is 5.91 Å². The molecule has 0 bridgehead atoms. The minimum Gasteiger partial charge on any atom is -0.338 e. The molecule has 0 unspecified atom stereocenters. The van der Waals surface area contributed by atoms with Crippen molar-refractivity contribution in [3.63, 3.8) is 0 Å². The fourth-order valence-corrected chi connectivity index (χ4v) is 2.03. The Bertz CT molecular complexity index is 275. The SMILES string of the molecule is CC(C)(C)N1CCN(C(=O)[C@](C)(N)CN)CC1. The maximum absolute atomic E-state index is 12.1. The van der Waals surface area contributed by atoms with Crippen molar-refractivity contribution in [2.45, 2.75) is 38.8 Å². The number of rotatable bonds is 2. The molecule has 0 aromatic carbocycles. The van der Waals surface area contributed by atoms with Crippen molar-refractivity contribution in [3.05, 3.63) is 0 Å². The average Bonchev–Trinajstić information content (AvgIpc) is 2.27. The van der Waals surface area contributed by atoms with Crippen LogP contribution in [0.4, 0.5) is 0 Å². The van der Waals surface area contributed by atoms with Crippen LogP contribution in [0.15, 0.2) is 0 Å². The lowest BCUT2D eigenvalue weighted by atomic mass is 10.0. The van der Waals surface area contributed by atoms with E-state index in [4.69, 9.17) is 11.5 Å². The zero-order valence-corrected chi connectivity index (χ0v) is 11.5. The number of piperazine rings is 1. The van der Waals surface area contributed by atoms with Gasteiger partial charge in [0.15, 0.2) is 0 Å². The first-order valence-corrected chi connectivity index (χ1v) is 6.22. The molecule has 1 heterocycles. The van der Waals surface area contributed by atoms with E-state index >= 15 is 0 Å². The molecule has 0 aromatic heterocycles. The van der Waals surface area contributed by atoms with Gasteiger partial charge in [-0.2, -0.15) is 0 Å². The van der Waals surface area contributed by atoms with Crippen molar-refractivity contribution in [1.82, 2.24) is 9.80 Å². The highest BCUT2D eigenvalue weighted by molar-refractivity contribution is 5.86. The fraction of sp³-hybridized carbons (Fsp3) is 0.917. The summed E-state index contributed by atoms with van der Waals surface area (Å²) in [6.07, 6.45) is 0. The number of hydrogen-bond donors (Lipinski definition) is 2. The fourth-order valence-electron chi connectivity index (χ4n) is 2.03. The van der Waals surface area contributed by atoms with Gasteiger partial charge in [-0.15, -0.1) is 0 Å². The van der Waals surface area contributed by atoms with Crippen molar-refractivity contribution >= 4 is 5.91 Å². The Balaban J connectivity index is 2.56. The predicted octanol–water partition coefficient (Wildman–Crippen LogP) is -0.395. The molecule has 5 nitrogen and oxygen atoms in total. The van der Waals surface area contributed by atoms with Gasteiger partial charge in [-0.25, -0.2) is 0 Å². The summed E-state index contributed by atoms with van der Waals surface area (Å²) in [6, 6.07) is 0. The van der Waals surface area contributed by atoms with Crippen LogP contribution in [0.2, 0.25) is 0 Å². The van der Waals surface area contributed by atoms with E-state index in [1.54, 1.807) is 6.92 Å². The first-order valence-electron chi connectivity index (χ1n) is 6.22. The molecule has 1 saturated heterocycles. The highest BCUT2D eigenvalue weighted by Crippen LogP contribution is 2.17. The molecular formula is C12H26N4O. The lowest BCUT2D eigenvalue weighted by Gasteiger charge is -2.43. The maximum Gasteiger partial charge on any atom is 0.243 e. The molecule has 1 aliphatic rings. The Labute approximate surface area is 104 Å². The van der Waals surface area contributed by atoms with Gasteiger partial charge in [-0.1, -0.05) is 0 Å². The summed E-state index contributed by atoms with van der Waals surface area (Å²) in [7, 11) is 0. The predicted molar refractivity (Wildman–Crippen MR) is 69.6 cm³/mol. The zero-order chi connectivity index (χ0) is 13.3. The molecular weight excluding hydrogens is 216 g/mol. The molecule has 0 aliphatic carbocycles. The summed E-state index contributed by atoms with van der Waals surface area (Å²) in [5, 5.41) is 0. The largest absolute Gasteiger partial charge is 0.338 e. The molecule has 1 atom stereocenters. The third-order valence-corrected chi connectivity index (χ3v) is 3.43. The average molecular weight is 242 g/mol. The Hall–Kier alpha value is -0.650. The molecule has 1 fully saturated rings. The monoisotopic (exact) mass is 242 g/mol. The summed E-state index contributed by atoms with van der Waals surface area (Å²) in [6.45, 7) is 11.7. The van der Waals surface area contributed by atoms with Gasteiger partial charge in [0, 0.05) is 38.3 Å². The molecule has 100 valence electrons. The smallest absolute Gasteiger partial charge is 0.243 e. The van der Waals surface area contributed by atoms with Crippen LogP contribution >= 0.6 is 0 Å². The van der Waals surface area contributed by atoms with E-state index in [1.165, 1.54) is 0 Å². The van der Waals surface area contributed by atoms with Crippen molar-refractivity contribution < 1.29 is 4.79 Å². The molecule has 1 aliphatic heterocycles. The van der Waals surface area contributed by atoms with E-state index in [0.717, 1.165) is 26.2 Å². The Morgan fingerprint density at radius 3 is 1.94 bits per heavy atom. The highest BCUT2D eigenvalue weighted by atomic mass is 16.2. The number of carbonyl (C=O) groups excluding carboxylic acids is 1. The van der Waals surface area contributed by atoms with Crippen LogP contribution in [0.3, 0.4) is 0 Å². The topological polar surface area (TPSA) is 75.6 Å². The molecule has 5 heteroatoms. The maximum atomic E-state index is 12.1. The zero-order valence-electron chi connectivity index (χ0n) is 11.5. The van der Waals surface area contributed by atoms with Crippen LogP contribution in [0.5, 0.6) is 0 Å². The highest BCUT2D eigenvalue weighted by Gasteiger charge is 2.34. The number of carbonyl (C=O) groups is 1. The first kappa shape index (κ1) is 14.4. The van der Waals surface area contributed by atoms with Gasteiger partial charge in [-0.3, -0.25) is 9.69 Å². The van der Waals surface area contributed by atoms with Crippen LogP contribution in [0.25, 0.3) is 0 Å². The third kappa shape index (κ3) is 3.40. The van der Waals surface area contributed by atoms with Crippen molar-refractivity contribution in [1.29, 1.82) is 0 Å². The van der Waals surface area contributed by atoms with E-state index in [9.17, 15) is 4.79 Å². The summed E-state index contributed by atoms with van der Waals surface area (Å²) in [5.41, 5.74) is 10.6. The molecule has 0 radical (unpaired) electrons. The van der Waals surface area contributed by atoms with Crippen molar-refractivity contribution in [2.75, 3.05) is 32.7 Å². The van der Waals surface area contributed by atoms with Crippen LogP contribution in [0.1, 0.15) is 27.7 Å². The minimum absolute atomic E-state index is 0.0337. The van der Waals surface area contributed by atoms with Crippen LogP contribution in [-0.4, -0.2) is 59.5 Å². The minimum atomic E-state index is -0.927. The Morgan fingerprint density at radius 1 is 1.12 bits per heavy atom. The molecule has 0 aromatic rings. The summed E-state index contributed by atoms with van der Waals surface area (Å²) < 4.78 is 0. The van der Waals surface area contributed by atoms with Gasteiger partial charge >= 0.3 is 0 Å². The lowest BCUT2D eigenvalue weighted by molar-refractivity contribution is -0.138. The van der Waals surface area contributed by atoms with Crippen molar-refractivity contribution in [2.24, 2.45) is 11.5 Å². The number of nitrogens with zero attached hydrogens (tertiary/aromatic N) is 2. The standard InChI is InChI=1S/C12H26N4O/c1-11(2,3)16-7-5-15(6-8-16)10(17)12(4,14)9-13/h5-9,13-14H2,1-4H3/t12-/m1/s1. The second-order valence-corrected chi connectivity index (χ2v) is 6.07. The van der Waals surface area contributed by atoms with E-state index < -0.39 is 5.54 Å². The Morgan fingerprint density at radius 2 is 1.59 bits per heavy atom. The first-order chi connectivity index (χ1) is 7.68. The second kappa shape index (κ2) is 4.92. The molecule has 1 rings (SSSR count). The van der Waals surface area contributed by atoms with Crippen LogP contribution < -0.4 is 11.5 Å². The molecule has 0 spiro atoms. The number of hydrogen-bond acceptors (Lipinski definition) is 4. The summed E-state index contributed by atoms with van der Waals surface area (Å²) in [4.78, 5) is 16.3. The third-order valence-electron chi connectivity index (χ3n) is 3.43. The van der Waals surface area contributed by atoms with Gasteiger partial charge in [-0.05, 0) is 27.7 Å². The van der Waals surface area contributed by atoms with Crippen LogP contribution in [0, 0.1) is 0 Å². The lowest BCUT2D eigenvalue weighted by Crippen LogP contribution is -2.62. The van der Waals surface area contributed by atoms with Gasteiger partial charge in [0.05, 0.1) is 0 Å². The normalized spacial score (nSPS) is 22.4. The van der Waals surface area contributed by atoms with E-state index in [0.29, 0.717) is 0 Å². The van der Waals surface area contributed by atoms with Crippen molar-refractivity contribution in [3.8, 4) is 0 Å². The van der Waals surface area contributed by atoms with Gasteiger partial charge in [0.1, 0.15) is 5.54 Å². The number of amides is 1. The van der Waals surface area contributed by atoms with Gasteiger partial charge < -0.3 is 16.4 Å². The molecule has 0 saturated carbocycles. The second-order valence-electron chi connectivity index (χ2n) is 6.07. The number of nitrogens with two attached hydrogens (primary N) is 2. The van der Waals surface area contributed by atoms with Crippen LogP contribution in [-0.2, 0) is 4.79 Å².